The van der Waals surface area contributed by atoms with Crippen LogP contribution in [0.1, 0.15) is 28.8 Å². The molecule has 1 aromatic rings. The van der Waals surface area contributed by atoms with Crippen molar-refractivity contribution in [2.45, 2.75) is 23.8 Å². The average Bonchev–Trinajstić information content (AvgIpc) is 2.38. The van der Waals surface area contributed by atoms with Crippen molar-refractivity contribution in [3.63, 3.8) is 0 Å². The highest BCUT2D eigenvalue weighted by Crippen LogP contribution is 2.31. The van der Waals surface area contributed by atoms with Crippen LogP contribution in [0.25, 0.3) is 0 Å². The quantitative estimate of drug-likeness (QED) is 0.554. The summed E-state index contributed by atoms with van der Waals surface area (Å²) in [5.74, 6) is -1.61. The number of benzene rings is 1. The fraction of sp³-hybridized carbons (Fsp3) is 0.462. The van der Waals surface area contributed by atoms with Crippen LogP contribution < -0.4 is 0 Å². The SMILES string of the molecule is O=C(c1cc(C(F)(F)F)ccc1F)N1CCC(Br)CC1. The molecule has 0 N–H and O–H groups in total. The molecule has 1 saturated heterocycles. The Bertz CT molecular complexity index is 510. The summed E-state index contributed by atoms with van der Waals surface area (Å²) >= 11 is 3.41. The van der Waals surface area contributed by atoms with E-state index in [-0.39, 0.29) is 4.83 Å². The molecule has 0 bridgehead atoms. The van der Waals surface area contributed by atoms with Gasteiger partial charge in [-0.15, -0.1) is 0 Å². The molecule has 7 heteroatoms. The van der Waals surface area contributed by atoms with Gasteiger partial charge in [-0.25, -0.2) is 4.39 Å². The van der Waals surface area contributed by atoms with Gasteiger partial charge < -0.3 is 4.90 Å². The van der Waals surface area contributed by atoms with E-state index in [4.69, 9.17) is 0 Å². The molecule has 0 saturated carbocycles. The van der Waals surface area contributed by atoms with Gasteiger partial charge in [0.05, 0.1) is 11.1 Å². The summed E-state index contributed by atoms with van der Waals surface area (Å²) < 4.78 is 51.4. The first kappa shape index (κ1) is 15.3. The average molecular weight is 354 g/mol. The molecule has 0 radical (unpaired) electrons. The van der Waals surface area contributed by atoms with Crippen molar-refractivity contribution in [1.82, 2.24) is 4.90 Å². The number of carbonyl (C=O) groups excluding carboxylic acids is 1. The first-order valence-corrected chi connectivity index (χ1v) is 7.00. The predicted octanol–water partition coefficient (Wildman–Crippen LogP) is 3.84. The van der Waals surface area contributed by atoms with E-state index in [0.29, 0.717) is 44.1 Å². The van der Waals surface area contributed by atoms with Crippen molar-refractivity contribution < 1.29 is 22.4 Å². The number of alkyl halides is 4. The second kappa shape index (κ2) is 5.71. The van der Waals surface area contributed by atoms with Crippen LogP contribution in [-0.2, 0) is 6.18 Å². The number of piperidine rings is 1. The van der Waals surface area contributed by atoms with Gasteiger partial charge in [0, 0.05) is 17.9 Å². The number of hydrogen-bond acceptors (Lipinski definition) is 1. The van der Waals surface area contributed by atoms with Crippen molar-refractivity contribution in [3.8, 4) is 0 Å². The second-order valence-electron chi connectivity index (χ2n) is 4.66. The van der Waals surface area contributed by atoms with Gasteiger partial charge in [-0.3, -0.25) is 4.79 Å². The Kier molecular flexibility index (Phi) is 4.36. The Hall–Kier alpha value is -1.11. The molecule has 1 heterocycles. The Morgan fingerprint density at radius 3 is 2.40 bits per heavy atom. The summed E-state index contributed by atoms with van der Waals surface area (Å²) in [4.78, 5) is 13.8. The van der Waals surface area contributed by atoms with Gasteiger partial charge in [-0.1, -0.05) is 15.9 Å². The van der Waals surface area contributed by atoms with Crippen molar-refractivity contribution in [3.05, 3.63) is 35.1 Å². The highest BCUT2D eigenvalue weighted by atomic mass is 79.9. The van der Waals surface area contributed by atoms with E-state index in [1.54, 1.807) is 0 Å². The number of hydrogen-bond donors (Lipinski definition) is 0. The number of rotatable bonds is 1. The number of amides is 1. The van der Waals surface area contributed by atoms with Crippen molar-refractivity contribution in [2.24, 2.45) is 0 Å². The number of halogens is 5. The molecule has 0 atom stereocenters. The lowest BCUT2D eigenvalue weighted by Gasteiger charge is -2.29. The molecule has 0 aliphatic carbocycles. The summed E-state index contributed by atoms with van der Waals surface area (Å²) in [5, 5.41) is 0. The molecule has 1 aliphatic rings. The summed E-state index contributed by atoms with van der Waals surface area (Å²) in [6, 6.07) is 1.90. The minimum absolute atomic E-state index is 0.290. The van der Waals surface area contributed by atoms with E-state index in [9.17, 15) is 22.4 Å². The lowest BCUT2D eigenvalue weighted by Crippen LogP contribution is -2.39. The molecule has 110 valence electrons. The maximum atomic E-state index is 13.6. The molecular weight excluding hydrogens is 342 g/mol. The van der Waals surface area contributed by atoms with E-state index in [0.717, 1.165) is 0 Å². The topological polar surface area (TPSA) is 20.3 Å². The van der Waals surface area contributed by atoms with Crippen LogP contribution in [0.2, 0.25) is 0 Å². The Balaban J connectivity index is 2.25. The van der Waals surface area contributed by atoms with Gasteiger partial charge in [0.25, 0.3) is 5.91 Å². The molecular formula is C13H12BrF4NO. The molecule has 0 spiro atoms. The Morgan fingerprint density at radius 2 is 1.85 bits per heavy atom. The highest BCUT2D eigenvalue weighted by Gasteiger charge is 2.33. The maximum absolute atomic E-state index is 13.6. The lowest BCUT2D eigenvalue weighted by molar-refractivity contribution is -0.137. The van der Waals surface area contributed by atoms with Crippen LogP contribution in [0.3, 0.4) is 0 Å². The fourth-order valence-electron chi connectivity index (χ4n) is 2.09. The summed E-state index contributed by atoms with van der Waals surface area (Å²) in [5.41, 5.74) is -1.54. The standard InChI is InChI=1S/C13H12BrF4NO/c14-9-3-5-19(6-4-9)12(20)10-7-8(13(16,17)18)1-2-11(10)15/h1-2,7,9H,3-6H2. The monoisotopic (exact) mass is 353 g/mol. The van der Waals surface area contributed by atoms with Gasteiger partial charge in [-0.05, 0) is 31.0 Å². The molecule has 1 aromatic carbocycles. The molecule has 0 unspecified atom stereocenters. The third-order valence-electron chi connectivity index (χ3n) is 3.24. The summed E-state index contributed by atoms with van der Waals surface area (Å²) in [6.07, 6.45) is -3.19. The normalized spacial score (nSPS) is 17.4. The van der Waals surface area contributed by atoms with Gasteiger partial charge in [0.2, 0.25) is 0 Å². The first-order chi connectivity index (χ1) is 9.29. The molecule has 1 fully saturated rings. The molecule has 2 nitrogen and oxygen atoms in total. The van der Waals surface area contributed by atoms with E-state index < -0.39 is 29.0 Å². The number of carbonyl (C=O) groups is 1. The van der Waals surface area contributed by atoms with Crippen LogP contribution >= 0.6 is 15.9 Å². The van der Waals surface area contributed by atoms with Crippen LogP contribution in [-0.4, -0.2) is 28.7 Å². The molecule has 1 amide bonds. The zero-order chi connectivity index (χ0) is 14.9. The molecule has 1 aliphatic heterocycles. The molecule has 0 aromatic heterocycles. The van der Waals surface area contributed by atoms with E-state index in [1.165, 1.54) is 4.90 Å². The van der Waals surface area contributed by atoms with Gasteiger partial charge in [0.15, 0.2) is 0 Å². The minimum Gasteiger partial charge on any atom is -0.338 e. The third kappa shape index (κ3) is 3.31. The maximum Gasteiger partial charge on any atom is 0.416 e. The van der Waals surface area contributed by atoms with E-state index in [2.05, 4.69) is 15.9 Å². The summed E-state index contributed by atoms with van der Waals surface area (Å²) in [7, 11) is 0. The number of likely N-dealkylation sites (tertiary alicyclic amines) is 1. The Morgan fingerprint density at radius 1 is 1.25 bits per heavy atom. The minimum atomic E-state index is -4.59. The predicted molar refractivity (Wildman–Crippen MR) is 69.3 cm³/mol. The fourth-order valence-corrected chi connectivity index (χ4v) is 2.50. The van der Waals surface area contributed by atoms with Crippen molar-refractivity contribution >= 4 is 21.8 Å². The second-order valence-corrected chi connectivity index (χ2v) is 5.95. The van der Waals surface area contributed by atoms with Crippen LogP contribution in [0.4, 0.5) is 17.6 Å². The van der Waals surface area contributed by atoms with E-state index >= 15 is 0 Å². The van der Waals surface area contributed by atoms with E-state index in [1.807, 2.05) is 0 Å². The largest absolute Gasteiger partial charge is 0.416 e. The highest BCUT2D eigenvalue weighted by molar-refractivity contribution is 9.09. The van der Waals surface area contributed by atoms with Gasteiger partial charge in [-0.2, -0.15) is 13.2 Å². The lowest BCUT2D eigenvalue weighted by atomic mass is 10.1. The molecule has 20 heavy (non-hydrogen) atoms. The molecule has 2 rings (SSSR count). The van der Waals surface area contributed by atoms with Crippen molar-refractivity contribution in [1.29, 1.82) is 0 Å². The zero-order valence-corrected chi connectivity index (χ0v) is 12.0. The van der Waals surface area contributed by atoms with Gasteiger partial charge in [0.1, 0.15) is 5.82 Å². The third-order valence-corrected chi connectivity index (χ3v) is 4.15. The number of nitrogens with zero attached hydrogens (tertiary/aromatic N) is 1. The smallest absolute Gasteiger partial charge is 0.338 e. The van der Waals surface area contributed by atoms with Crippen LogP contribution in [0.5, 0.6) is 0 Å². The summed E-state index contributed by atoms with van der Waals surface area (Å²) in [6.45, 7) is 0.814. The van der Waals surface area contributed by atoms with Crippen molar-refractivity contribution in [2.75, 3.05) is 13.1 Å². The van der Waals surface area contributed by atoms with Crippen LogP contribution in [0.15, 0.2) is 18.2 Å². The van der Waals surface area contributed by atoms with Gasteiger partial charge >= 0.3 is 6.18 Å². The zero-order valence-electron chi connectivity index (χ0n) is 10.4. The Labute approximate surface area is 121 Å². The van der Waals surface area contributed by atoms with Crippen LogP contribution in [0, 0.1) is 5.82 Å². The first-order valence-electron chi connectivity index (χ1n) is 6.09.